The molecule has 1 aliphatic rings. The van der Waals surface area contributed by atoms with Crippen LogP contribution in [0.3, 0.4) is 0 Å². The number of likely N-dealkylation sites (tertiary alicyclic amines) is 1. The molecule has 27 heavy (non-hydrogen) atoms. The van der Waals surface area contributed by atoms with E-state index in [4.69, 9.17) is 4.74 Å². The highest BCUT2D eigenvalue weighted by molar-refractivity contribution is 5.78. The normalized spacial score (nSPS) is 14.7. The van der Waals surface area contributed by atoms with E-state index in [0.717, 1.165) is 29.0 Å². The van der Waals surface area contributed by atoms with Gasteiger partial charge in [0.05, 0.1) is 13.5 Å². The third-order valence-corrected chi connectivity index (χ3v) is 5.19. The van der Waals surface area contributed by atoms with Gasteiger partial charge >= 0.3 is 0 Å². The summed E-state index contributed by atoms with van der Waals surface area (Å²) in [7, 11) is 1.66. The number of carbonyl (C=O) groups is 1. The van der Waals surface area contributed by atoms with E-state index >= 15 is 0 Å². The van der Waals surface area contributed by atoms with Crippen LogP contribution in [0.4, 0.5) is 0 Å². The molecule has 0 bridgehead atoms. The van der Waals surface area contributed by atoms with Crippen LogP contribution in [0.2, 0.25) is 0 Å². The Hall–Kier alpha value is -2.33. The van der Waals surface area contributed by atoms with Crippen LogP contribution >= 0.6 is 0 Å². The molecule has 0 atom stereocenters. The number of rotatable bonds is 7. The molecule has 2 aromatic carbocycles. The van der Waals surface area contributed by atoms with Crippen molar-refractivity contribution < 1.29 is 9.53 Å². The fourth-order valence-corrected chi connectivity index (χ4v) is 3.64. The number of nitrogens with one attached hydrogen (secondary N) is 1. The summed E-state index contributed by atoms with van der Waals surface area (Å²) < 4.78 is 5.26. The van der Waals surface area contributed by atoms with E-state index < -0.39 is 0 Å². The van der Waals surface area contributed by atoms with Crippen molar-refractivity contribution in [1.29, 1.82) is 0 Å². The minimum atomic E-state index is 0.0389. The lowest BCUT2D eigenvalue weighted by Crippen LogP contribution is -2.29. The Balaban J connectivity index is 1.46. The molecule has 1 amide bonds. The van der Waals surface area contributed by atoms with Crippen LogP contribution in [-0.4, -0.2) is 31.0 Å². The van der Waals surface area contributed by atoms with Crippen LogP contribution in [0, 0.1) is 6.92 Å². The molecule has 0 saturated carbocycles. The molecule has 1 fully saturated rings. The quantitative estimate of drug-likeness (QED) is 0.809. The second kappa shape index (κ2) is 9.56. The van der Waals surface area contributed by atoms with Crippen molar-refractivity contribution >= 4 is 5.91 Å². The maximum Gasteiger partial charge on any atom is 0.224 e. The van der Waals surface area contributed by atoms with Gasteiger partial charge in [-0.2, -0.15) is 0 Å². The second-order valence-electron chi connectivity index (χ2n) is 7.41. The molecule has 144 valence electrons. The van der Waals surface area contributed by atoms with Crippen LogP contribution in [0.15, 0.2) is 42.5 Å². The third-order valence-electron chi connectivity index (χ3n) is 5.19. The number of ether oxygens (including phenoxy) is 1. The molecule has 1 aliphatic heterocycles. The second-order valence-corrected chi connectivity index (χ2v) is 7.41. The zero-order valence-corrected chi connectivity index (χ0v) is 16.5. The first kappa shape index (κ1) is 19.4. The first-order valence-electron chi connectivity index (χ1n) is 9.84. The molecule has 0 spiro atoms. The SMILES string of the molecule is COc1ccc(CC(=O)NCc2ccc(CN3CCCCC3)cc2)cc1C. The number of piperidine rings is 1. The molecular formula is C23H30N2O2. The highest BCUT2D eigenvalue weighted by Gasteiger charge is 2.10. The van der Waals surface area contributed by atoms with Gasteiger partial charge in [-0.15, -0.1) is 0 Å². The van der Waals surface area contributed by atoms with Crippen molar-refractivity contribution in [3.63, 3.8) is 0 Å². The summed E-state index contributed by atoms with van der Waals surface area (Å²) >= 11 is 0. The Morgan fingerprint density at radius 3 is 2.33 bits per heavy atom. The maximum absolute atomic E-state index is 12.2. The van der Waals surface area contributed by atoms with Gasteiger partial charge in [0.2, 0.25) is 5.91 Å². The smallest absolute Gasteiger partial charge is 0.224 e. The van der Waals surface area contributed by atoms with Crippen LogP contribution in [0.5, 0.6) is 5.75 Å². The summed E-state index contributed by atoms with van der Waals surface area (Å²) in [6.07, 6.45) is 4.39. The number of hydrogen-bond donors (Lipinski definition) is 1. The molecule has 0 unspecified atom stereocenters. The zero-order chi connectivity index (χ0) is 19.1. The van der Waals surface area contributed by atoms with Gasteiger partial charge in [-0.05, 0) is 61.2 Å². The van der Waals surface area contributed by atoms with Crippen molar-refractivity contribution in [3.8, 4) is 5.75 Å². The first-order chi connectivity index (χ1) is 13.1. The van der Waals surface area contributed by atoms with Crippen LogP contribution in [0.1, 0.15) is 41.5 Å². The van der Waals surface area contributed by atoms with Crippen molar-refractivity contribution in [2.75, 3.05) is 20.2 Å². The molecule has 0 aromatic heterocycles. The Morgan fingerprint density at radius 2 is 1.67 bits per heavy atom. The zero-order valence-electron chi connectivity index (χ0n) is 16.5. The lowest BCUT2D eigenvalue weighted by molar-refractivity contribution is -0.120. The lowest BCUT2D eigenvalue weighted by Gasteiger charge is -2.26. The van der Waals surface area contributed by atoms with Crippen LogP contribution < -0.4 is 10.1 Å². The van der Waals surface area contributed by atoms with Gasteiger partial charge in [0.25, 0.3) is 0 Å². The minimum absolute atomic E-state index is 0.0389. The summed E-state index contributed by atoms with van der Waals surface area (Å²) in [6.45, 7) is 6.01. The van der Waals surface area contributed by atoms with E-state index in [1.807, 2.05) is 25.1 Å². The Bertz CT molecular complexity index is 749. The highest BCUT2D eigenvalue weighted by Crippen LogP contribution is 2.19. The van der Waals surface area contributed by atoms with Gasteiger partial charge in [-0.25, -0.2) is 0 Å². The summed E-state index contributed by atoms with van der Waals surface area (Å²) in [5, 5.41) is 3.02. The number of nitrogens with zero attached hydrogens (tertiary/aromatic N) is 1. The van der Waals surface area contributed by atoms with Crippen molar-refractivity contribution in [1.82, 2.24) is 10.2 Å². The van der Waals surface area contributed by atoms with Gasteiger partial charge in [0.1, 0.15) is 5.75 Å². The molecule has 4 nitrogen and oxygen atoms in total. The lowest BCUT2D eigenvalue weighted by atomic mass is 10.1. The molecule has 1 saturated heterocycles. The average molecular weight is 367 g/mol. The number of carbonyl (C=O) groups excluding carboxylic acids is 1. The van der Waals surface area contributed by atoms with E-state index in [1.165, 1.54) is 37.9 Å². The van der Waals surface area contributed by atoms with Crippen molar-refractivity contribution in [3.05, 3.63) is 64.7 Å². The number of amides is 1. The van der Waals surface area contributed by atoms with Gasteiger partial charge in [0, 0.05) is 13.1 Å². The molecule has 4 heteroatoms. The summed E-state index contributed by atoms with van der Waals surface area (Å²) in [4.78, 5) is 14.8. The predicted octanol–water partition coefficient (Wildman–Crippen LogP) is 3.85. The maximum atomic E-state index is 12.2. The Kier molecular flexibility index (Phi) is 6.88. The third kappa shape index (κ3) is 5.83. The summed E-state index contributed by atoms with van der Waals surface area (Å²) in [6, 6.07) is 14.5. The molecule has 2 aromatic rings. The van der Waals surface area contributed by atoms with Gasteiger partial charge in [0.15, 0.2) is 0 Å². The number of hydrogen-bond acceptors (Lipinski definition) is 3. The van der Waals surface area contributed by atoms with E-state index in [-0.39, 0.29) is 5.91 Å². The van der Waals surface area contributed by atoms with Gasteiger partial charge in [-0.3, -0.25) is 9.69 Å². The molecule has 1 heterocycles. The molecule has 0 aliphatic carbocycles. The fourth-order valence-electron chi connectivity index (χ4n) is 3.64. The molecule has 1 N–H and O–H groups in total. The van der Waals surface area contributed by atoms with Gasteiger partial charge in [-0.1, -0.05) is 42.8 Å². The number of methoxy groups -OCH3 is 1. The topological polar surface area (TPSA) is 41.6 Å². The standard InChI is InChI=1S/C23H30N2O2/c1-18-14-21(10-11-22(18)27-2)15-23(26)24-16-19-6-8-20(9-7-19)17-25-12-4-3-5-13-25/h6-11,14H,3-5,12-13,15-17H2,1-2H3,(H,24,26). The molecule has 3 rings (SSSR count). The van der Waals surface area contributed by atoms with E-state index in [2.05, 4.69) is 34.5 Å². The van der Waals surface area contributed by atoms with E-state index in [0.29, 0.717) is 13.0 Å². The number of benzene rings is 2. The van der Waals surface area contributed by atoms with E-state index in [9.17, 15) is 4.79 Å². The highest BCUT2D eigenvalue weighted by atomic mass is 16.5. The van der Waals surface area contributed by atoms with Crippen LogP contribution in [0.25, 0.3) is 0 Å². The monoisotopic (exact) mass is 366 g/mol. The summed E-state index contributed by atoms with van der Waals surface area (Å²) in [5.41, 5.74) is 4.53. The Morgan fingerprint density at radius 1 is 1.00 bits per heavy atom. The fraction of sp³-hybridized carbons (Fsp3) is 0.435. The minimum Gasteiger partial charge on any atom is -0.496 e. The van der Waals surface area contributed by atoms with Gasteiger partial charge < -0.3 is 10.1 Å². The largest absolute Gasteiger partial charge is 0.496 e. The first-order valence-corrected chi connectivity index (χ1v) is 9.84. The van der Waals surface area contributed by atoms with E-state index in [1.54, 1.807) is 7.11 Å². The summed E-state index contributed by atoms with van der Waals surface area (Å²) in [5.74, 6) is 0.890. The number of aryl methyl sites for hydroxylation is 1. The predicted molar refractivity (Wildman–Crippen MR) is 109 cm³/mol. The van der Waals surface area contributed by atoms with Crippen molar-refractivity contribution in [2.45, 2.75) is 45.7 Å². The molecular weight excluding hydrogens is 336 g/mol. The average Bonchev–Trinajstić information content (AvgIpc) is 2.68. The van der Waals surface area contributed by atoms with Crippen LogP contribution in [-0.2, 0) is 24.3 Å². The molecule has 0 radical (unpaired) electrons. The Labute approximate surface area is 162 Å². The van der Waals surface area contributed by atoms with Crippen molar-refractivity contribution in [2.24, 2.45) is 0 Å².